The van der Waals surface area contributed by atoms with Gasteiger partial charge >= 0.3 is 0 Å². The minimum Gasteiger partial charge on any atom is -0.387 e. The fourth-order valence-electron chi connectivity index (χ4n) is 0.314. The Bertz CT molecular complexity index is 127. The van der Waals surface area contributed by atoms with Gasteiger partial charge in [0.25, 0.3) is 0 Å². The molecule has 0 spiro atoms. The van der Waals surface area contributed by atoms with Crippen LogP contribution >= 0.6 is 0 Å². The molecule has 2 N–H and O–H groups in total. The molecule has 0 bridgehead atoms. The summed E-state index contributed by atoms with van der Waals surface area (Å²) in [4.78, 5) is 10.2. The van der Waals surface area contributed by atoms with E-state index in [9.17, 15) is 4.79 Å². The van der Waals surface area contributed by atoms with Gasteiger partial charge in [-0.1, -0.05) is 0 Å². The molecule has 50 valence electrons. The predicted molar refractivity (Wildman–Crippen MR) is 30.3 cm³/mol. The molecule has 0 rings (SSSR count). The second-order valence-corrected chi connectivity index (χ2v) is 1.42. The minimum atomic E-state index is -0.509. The molecular formula is C5H8N2O2. The molecule has 1 amide bonds. The van der Waals surface area contributed by atoms with Gasteiger partial charge in [0.1, 0.15) is 6.61 Å². The highest BCUT2D eigenvalue weighted by atomic mass is 16.3. The Kier molecular flexibility index (Phi) is 4.46. The predicted octanol–water partition coefficient (Wildman–Crippen LogP) is -0.991. The molecule has 0 aromatic carbocycles. The minimum absolute atomic E-state index is 0.283. The highest BCUT2D eigenvalue weighted by Gasteiger charge is 1.93. The Labute approximate surface area is 53.1 Å². The van der Waals surface area contributed by atoms with Crippen molar-refractivity contribution < 1.29 is 9.90 Å². The summed E-state index contributed by atoms with van der Waals surface area (Å²) in [6, 6.07) is 1.85. The Hall–Kier alpha value is -1.08. The molecule has 0 aromatic heterocycles. The van der Waals surface area contributed by atoms with E-state index in [0.717, 1.165) is 0 Å². The van der Waals surface area contributed by atoms with Crippen LogP contribution in [0.5, 0.6) is 0 Å². The number of rotatable bonds is 3. The van der Waals surface area contributed by atoms with Crippen molar-refractivity contribution in [3.05, 3.63) is 0 Å². The standard InChI is InChI=1S/C5H8N2O2/c6-2-1-3-7-5(9)4-8/h8H,1,3-4H2,(H,7,9). The van der Waals surface area contributed by atoms with Gasteiger partial charge in [-0.25, -0.2) is 0 Å². The number of aliphatic hydroxyl groups excluding tert-OH is 1. The van der Waals surface area contributed by atoms with Gasteiger partial charge in [-0.2, -0.15) is 5.26 Å². The Balaban J connectivity index is 3.09. The lowest BCUT2D eigenvalue weighted by Crippen LogP contribution is -2.26. The maximum atomic E-state index is 10.2. The first-order valence-corrected chi connectivity index (χ1v) is 2.55. The average molecular weight is 128 g/mol. The summed E-state index contributed by atoms with van der Waals surface area (Å²) < 4.78 is 0. The van der Waals surface area contributed by atoms with Crippen molar-refractivity contribution in [1.29, 1.82) is 5.26 Å². The van der Waals surface area contributed by atoms with Crippen molar-refractivity contribution >= 4 is 5.91 Å². The molecule has 0 unspecified atom stereocenters. The number of nitriles is 1. The molecule has 0 fully saturated rings. The summed E-state index contributed by atoms with van der Waals surface area (Å²) in [5.41, 5.74) is 0. The third-order valence-corrected chi connectivity index (χ3v) is 0.703. The summed E-state index contributed by atoms with van der Waals surface area (Å²) in [7, 11) is 0. The van der Waals surface area contributed by atoms with Gasteiger partial charge in [0.15, 0.2) is 0 Å². The second-order valence-electron chi connectivity index (χ2n) is 1.42. The van der Waals surface area contributed by atoms with E-state index in [1.807, 2.05) is 6.07 Å². The summed E-state index contributed by atoms with van der Waals surface area (Å²) in [6.45, 7) is -0.193. The van der Waals surface area contributed by atoms with Gasteiger partial charge < -0.3 is 10.4 Å². The zero-order chi connectivity index (χ0) is 7.11. The molecule has 0 aliphatic heterocycles. The van der Waals surface area contributed by atoms with Gasteiger partial charge in [-0.15, -0.1) is 0 Å². The number of hydrogen-bond acceptors (Lipinski definition) is 3. The van der Waals surface area contributed by atoms with Crippen LogP contribution in [0.15, 0.2) is 0 Å². The topological polar surface area (TPSA) is 73.1 Å². The van der Waals surface area contributed by atoms with E-state index in [0.29, 0.717) is 6.54 Å². The number of amides is 1. The van der Waals surface area contributed by atoms with Crippen LogP contribution in [-0.2, 0) is 4.79 Å². The van der Waals surface area contributed by atoms with Crippen LogP contribution in [0.4, 0.5) is 0 Å². The molecule has 0 aromatic rings. The van der Waals surface area contributed by atoms with Crippen LogP contribution in [0.1, 0.15) is 6.42 Å². The van der Waals surface area contributed by atoms with E-state index in [4.69, 9.17) is 10.4 Å². The zero-order valence-electron chi connectivity index (χ0n) is 4.92. The normalized spacial score (nSPS) is 8.00. The van der Waals surface area contributed by atoms with Gasteiger partial charge in [0.2, 0.25) is 5.91 Å². The number of carbonyl (C=O) groups excluding carboxylic acids is 1. The van der Waals surface area contributed by atoms with Crippen molar-refractivity contribution in [1.82, 2.24) is 5.32 Å². The van der Waals surface area contributed by atoms with E-state index in [1.165, 1.54) is 0 Å². The lowest BCUT2D eigenvalue weighted by molar-refractivity contribution is -0.123. The second kappa shape index (κ2) is 5.06. The Morgan fingerprint density at radius 1 is 1.78 bits per heavy atom. The summed E-state index contributed by atoms with van der Waals surface area (Å²) in [5, 5.41) is 18.4. The van der Waals surface area contributed by atoms with Crippen molar-refractivity contribution in [3.63, 3.8) is 0 Å². The first-order chi connectivity index (χ1) is 4.31. The van der Waals surface area contributed by atoms with Crippen molar-refractivity contribution in [2.24, 2.45) is 0 Å². The fraction of sp³-hybridized carbons (Fsp3) is 0.600. The van der Waals surface area contributed by atoms with Gasteiger partial charge in [-0.05, 0) is 0 Å². The molecule has 4 heteroatoms. The molecular weight excluding hydrogens is 120 g/mol. The summed E-state index contributed by atoms with van der Waals surface area (Å²) in [5.74, 6) is -0.440. The highest BCUT2D eigenvalue weighted by molar-refractivity contribution is 5.76. The van der Waals surface area contributed by atoms with E-state index < -0.39 is 12.5 Å². The van der Waals surface area contributed by atoms with E-state index in [-0.39, 0.29) is 6.42 Å². The third kappa shape index (κ3) is 4.78. The van der Waals surface area contributed by atoms with Crippen LogP contribution in [-0.4, -0.2) is 24.2 Å². The summed E-state index contributed by atoms with van der Waals surface area (Å²) >= 11 is 0. The van der Waals surface area contributed by atoms with Gasteiger partial charge in [0, 0.05) is 6.54 Å². The number of hydrogen-bond donors (Lipinski definition) is 2. The van der Waals surface area contributed by atoms with Crippen LogP contribution in [0.3, 0.4) is 0 Å². The van der Waals surface area contributed by atoms with Crippen LogP contribution in [0.2, 0.25) is 0 Å². The largest absolute Gasteiger partial charge is 0.387 e. The molecule has 0 saturated carbocycles. The fourth-order valence-corrected chi connectivity index (χ4v) is 0.314. The molecule has 0 radical (unpaired) electrons. The SMILES string of the molecule is N#CCCNC(=O)CO. The van der Waals surface area contributed by atoms with Crippen molar-refractivity contribution in [2.75, 3.05) is 13.2 Å². The van der Waals surface area contributed by atoms with E-state index >= 15 is 0 Å². The zero-order valence-corrected chi connectivity index (χ0v) is 4.92. The smallest absolute Gasteiger partial charge is 0.245 e. The number of carbonyl (C=O) groups is 1. The Morgan fingerprint density at radius 2 is 2.44 bits per heavy atom. The number of nitrogens with one attached hydrogen (secondary N) is 1. The third-order valence-electron chi connectivity index (χ3n) is 0.703. The maximum Gasteiger partial charge on any atom is 0.245 e. The van der Waals surface area contributed by atoms with E-state index in [1.54, 1.807) is 0 Å². The molecule has 0 atom stereocenters. The van der Waals surface area contributed by atoms with E-state index in [2.05, 4.69) is 5.32 Å². The summed E-state index contributed by atoms with van der Waals surface area (Å²) in [6.07, 6.45) is 0.283. The average Bonchev–Trinajstić information content (AvgIpc) is 1.89. The molecule has 0 heterocycles. The Morgan fingerprint density at radius 3 is 2.89 bits per heavy atom. The van der Waals surface area contributed by atoms with Crippen molar-refractivity contribution in [2.45, 2.75) is 6.42 Å². The first kappa shape index (κ1) is 7.92. The molecule has 0 aliphatic carbocycles. The van der Waals surface area contributed by atoms with Gasteiger partial charge in [-0.3, -0.25) is 4.79 Å². The number of aliphatic hydroxyl groups is 1. The molecule has 0 aliphatic rings. The van der Waals surface area contributed by atoms with Crippen LogP contribution in [0.25, 0.3) is 0 Å². The lowest BCUT2D eigenvalue weighted by atomic mass is 10.4. The van der Waals surface area contributed by atoms with Crippen molar-refractivity contribution in [3.8, 4) is 6.07 Å². The molecule has 0 saturated heterocycles. The lowest BCUT2D eigenvalue weighted by Gasteiger charge is -1.95. The molecule has 4 nitrogen and oxygen atoms in total. The van der Waals surface area contributed by atoms with Gasteiger partial charge in [0.05, 0.1) is 12.5 Å². The molecule has 9 heavy (non-hydrogen) atoms. The first-order valence-electron chi connectivity index (χ1n) is 2.55. The maximum absolute atomic E-state index is 10.2. The van der Waals surface area contributed by atoms with Crippen LogP contribution in [0, 0.1) is 11.3 Å². The highest BCUT2D eigenvalue weighted by Crippen LogP contribution is 1.69. The number of nitrogens with zero attached hydrogens (tertiary/aromatic N) is 1. The monoisotopic (exact) mass is 128 g/mol. The quantitative estimate of drug-likeness (QED) is 0.479. The van der Waals surface area contributed by atoms with Crippen LogP contribution < -0.4 is 5.32 Å².